The Balaban J connectivity index is 1.16. The van der Waals surface area contributed by atoms with Crippen molar-refractivity contribution >= 4 is 109 Å². The fraction of sp³-hybridized carbons (Fsp3) is 0. The molecule has 4 nitrogen and oxygen atoms in total. The number of fused-ring (bicyclic) bond motifs is 17. The molecule has 0 aliphatic carbocycles. The van der Waals surface area contributed by atoms with E-state index in [0.717, 1.165) is 61.1 Å². The minimum absolute atomic E-state index is 0.804. The zero-order valence-electron chi connectivity index (χ0n) is 33.4. The van der Waals surface area contributed by atoms with E-state index < -0.39 is 0 Å². The molecule has 0 aliphatic rings. The van der Waals surface area contributed by atoms with Crippen LogP contribution in [0, 0.1) is 0 Å². The van der Waals surface area contributed by atoms with Gasteiger partial charge in [0.25, 0.3) is 0 Å². The topological polar surface area (TPSA) is 35.6 Å². The molecule has 0 unspecified atom stereocenters. The fourth-order valence-electron chi connectivity index (χ4n) is 10.5. The van der Waals surface area contributed by atoms with Crippen LogP contribution in [0.5, 0.6) is 0 Å². The molecule has 286 valence electrons. The Hall–Kier alpha value is -8.34. The van der Waals surface area contributed by atoms with Gasteiger partial charge in [0.2, 0.25) is 0 Å². The van der Waals surface area contributed by atoms with Gasteiger partial charge in [-0.3, -0.25) is 4.57 Å². The molecular weight excluding hydrogens is 753 g/mol. The molecule has 0 amide bonds. The highest BCUT2D eigenvalue weighted by molar-refractivity contribution is 6.36. The van der Waals surface area contributed by atoms with E-state index in [-0.39, 0.29) is 0 Å². The molecule has 0 atom stereocenters. The Bertz CT molecular complexity index is 4180. The quantitative estimate of drug-likeness (QED) is 0.167. The molecule has 0 saturated carbocycles. The minimum atomic E-state index is 0.804. The molecule has 0 radical (unpaired) electrons. The molecular formula is C58H34N4. The lowest BCUT2D eigenvalue weighted by Crippen LogP contribution is -2.04. The lowest BCUT2D eigenvalue weighted by atomic mass is 9.91. The van der Waals surface area contributed by atoms with Crippen LogP contribution < -0.4 is 0 Å². The molecule has 14 rings (SSSR count). The van der Waals surface area contributed by atoms with E-state index in [1.165, 1.54) is 70.2 Å². The zero-order chi connectivity index (χ0) is 40.5. The Kier molecular flexibility index (Phi) is 6.80. The van der Waals surface area contributed by atoms with Crippen LogP contribution in [0.2, 0.25) is 0 Å². The van der Waals surface area contributed by atoms with Crippen LogP contribution in [0.1, 0.15) is 0 Å². The predicted octanol–water partition coefficient (Wildman–Crippen LogP) is 15.3. The number of nitrogens with zero attached hydrogens (tertiary/aromatic N) is 4. The van der Waals surface area contributed by atoms with Crippen molar-refractivity contribution in [1.82, 2.24) is 19.1 Å². The van der Waals surface area contributed by atoms with Gasteiger partial charge < -0.3 is 4.57 Å². The van der Waals surface area contributed by atoms with Gasteiger partial charge in [-0.1, -0.05) is 152 Å². The van der Waals surface area contributed by atoms with Gasteiger partial charge in [-0.05, 0) is 97.7 Å². The highest BCUT2D eigenvalue weighted by Gasteiger charge is 2.24. The van der Waals surface area contributed by atoms with Gasteiger partial charge in [-0.2, -0.15) is 0 Å². The average Bonchev–Trinajstić information content (AvgIpc) is 3.85. The maximum atomic E-state index is 5.72. The fourth-order valence-corrected chi connectivity index (χ4v) is 10.5. The van der Waals surface area contributed by atoms with Gasteiger partial charge in [0.05, 0.1) is 33.1 Å². The van der Waals surface area contributed by atoms with Crippen molar-refractivity contribution < 1.29 is 0 Å². The number of hydrogen-bond donors (Lipinski definition) is 0. The van der Waals surface area contributed by atoms with Gasteiger partial charge in [0, 0.05) is 43.6 Å². The van der Waals surface area contributed by atoms with E-state index in [4.69, 9.17) is 9.97 Å². The molecule has 14 aromatic rings. The summed E-state index contributed by atoms with van der Waals surface area (Å²) in [6.07, 6.45) is 0. The Morgan fingerprint density at radius 1 is 0.306 bits per heavy atom. The highest BCUT2D eigenvalue weighted by Crippen LogP contribution is 2.46. The van der Waals surface area contributed by atoms with Crippen LogP contribution in [0.4, 0.5) is 0 Å². The van der Waals surface area contributed by atoms with Gasteiger partial charge in [0.15, 0.2) is 5.82 Å². The summed E-state index contributed by atoms with van der Waals surface area (Å²) in [6.45, 7) is 0. The summed E-state index contributed by atoms with van der Waals surface area (Å²) in [5.74, 6) is 0.804. The smallest absolute Gasteiger partial charge is 0.165 e. The third kappa shape index (κ3) is 4.61. The van der Waals surface area contributed by atoms with Gasteiger partial charge >= 0.3 is 0 Å². The van der Waals surface area contributed by atoms with Crippen molar-refractivity contribution in [3.05, 3.63) is 206 Å². The summed E-state index contributed by atoms with van der Waals surface area (Å²) in [5.41, 5.74) is 9.25. The number of aromatic nitrogens is 4. The first kappa shape index (κ1) is 33.5. The second kappa shape index (κ2) is 12.6. The summed E-state index contributed by atoms with van der Waals surface area (Å²) in [6, 6.07) is 74.8. The Labute approximate surface area is 355 Å². The lowest BCUT2D eigenvalue weighted by Gasteiger charge is -2.16. The summed E-state index contributed by atoms with van der Waals surface area (Å²) in [4.78, 5) is 11.4. The molecule has 0 aliphatic heterocycles. The number of para-hydroxylation sites is 2. The van der Waals surface area contributed by atoms with E-state index in [9.17, 15) is 0 Å². The van der Waals surface area contributed by atoms with Crippen LogP contribution in [-0.4, -0.2) is 19.1 Å². The van der Waals surface area contributed by atoms with Gasteiger partial charge in [0.1, 0.15) is 5.69 Å². The first-order chi connectivity index (χ1) is 30.8. The second-order valence-corrected chi connectivity index (χ2v) is 16.5. The minimum Gasteiger partial charge on any atom is -0.309 e. The predicted molar refractivity (Wildman–Crippen MR) is 261 cm³/mol. The Morgan fingerprint density at radius 2 is 0.903 bits per heavy atom. The third-order valence-corrected chi connectivity index (χ3v) is 13.2. The summed E-state index contributed by atoms with van der Waals surface area (Å²) in [7, 11) is 0. The normalized spacial score (nSPS) is 12.2. The molecule has 0 saturated heterocycles. The van der Waals surface area contributed by atoms with Crippen LogP contribution in [0.15, 0.2) is 206 Å². The largest absolute Gasteiger partial charge is 0.309 e. The number of benzene rings is 11. The molecule has 3 heterocycles. The van der Waals surface area contributed by atoms with Crippen molar-refractivity contribution in [2.75, 3.05) is 0 Å². The van der Waals surface area contributed by atoms with Crippen molar-refractivity contribution in [2.45, 2.75) is 0 Å². The van der Waals surface area contributed by atoms with Crippen molar-refractivity contribution in [1.29, 1.82) is 0 Å². The highest BCUT2D eigenvalue weighted by atomic mass is 15.1. The van der Waals surface area contributed by atoms with E-state index >= 15 is 0 Å². The van der Waals surface area contributed by atoms with Crippen LogP contribution in [0.3, 0.4) is 0 Å². The SMILES string of the molecule is c1ccc(-n2c3ccccc3c3cc(-c4nc5c(ccc6ccccc65)nc4-n4c5cc6ccccc6cc5c5c6c7ccccc7c7ccccc7c6ccc54)ccc32)cc1. The van der Waals surface area contributed by atoms with Crippen LogP contribution >= 0.6 is 0 Å². The van der Waals surface area contributed by atoms with E-state index in [1.54, 1.807) is 0 Å². The number of rotatable bonds is 3. The monoisotopic (exact) mass is 786 g/mol. The standard InChI is InChI=1S/C58H34N4/c1-2-17-39(18-3-1)61-50-25-13-12-23-44(50)47-33-38(27-30-51(47)61)56-58(59-49-29-26-35-14-6-7-19-40(35)57(49)60-56)62-52-31-28-46-43-22-9-8-20-41(43)42-21-10-11-24-45(42)54(46)55(52)48-32-36-15-4-5-16-37(36)34-53(48)62/h1-34H. The number of hydrogen-bond acceptors (Lipinski definition) is 2. The molecule has 0 fully saturated rings. The van der Waals surface area contributed by atoms with Crippen molar-refractivity contribution in [3.8, 4) is 22.8 Å². The van der Waals surface area contributed by atoms with E-state index in [0.29, 0.717) is 0 Å². The summed E-state index contributed by atoms with van der Waals surface area (Å²) in [5, 5.41) is 16.9. The average molecular weight is 787 g/mol. The molecule has 62 heavy (non-hydrogen) atoms. The summed E-state index contributed by atoms with van der Waals surface area (Å²) < 4.78 is 4.76. The van der Waals surface area contributed by atoms with Gasteiger partial charge in [-0.15, -0.1) is 0 Å². The first-order valence-corrected chi connectivity index (χ1v) is 21.2. The second-order valence-electron chi connectivity index (χ2n) is 16.5. The molecule has 0 bridgehead atoms. The molecule has 4 heteroatoms. The molecule has 3 aromatic heterocycles. The van der Waals surface area contributed by atoms with Crippen molar-refractivity contribution in [3.63, 3.8) is 0 Å². The maximum Gasteiger partial charge on any atom is 0.165 e. The lowest BCUT2D eigenvalue weighted by molar-refractivity contribution is 1.08. The molecule has 0 spiro atoms. The summed E-state index contributed by atoms with van der Waals surface area (Å²) >= 11 is 0. The van der Waals surface area contributed by atoms with Gasteiger partial charge in [-0.25, -0.2) is 9.97 Å². The molecule has 11 aromatic carbocycles. The van der Waals surface area contributed by atoms with E-state index in [2.05, 4.69) is 215 Å². The molecule has 0 N–H and O–H groups in total. The third-order valence-electron chi connectivity index (χ3n) is 13.2. The van der Waals surface area contributed by atoms with Crippen LogP contribution in [-0.2, 0) is 0 Å². The van der Waals surface area contributed by atoms with E-state index in [1.807, 2.05) is 0 Å². The van der Waals surface area contributed by atoms with Crippen LogP contribution in [0.25, 0.3) is 131 Å². The maximum absolute atomic E-state index is 5.72. The Morgan fingerprint density at radius 3 is 1.69 bits per heavy atom. The zero-order valence-corrected chi connectivity index (χ0v) is 33.4. The first-order valence-electron chi connectivity index (χ1n) is 21.2. The van der Waals surface area contributed by atoms with Crippen molar-refractivity contribution in [2.24, 2.45) is 0 Å².